The molecule has 1 aromatic rings. The van der Waals surface area contributed by atoms with Crippen molar-refractivity contribution in [2.45, 2.75) is 82.8 Å². The highest BCUT2D eigenvalue weighted by Gasteiger charge is 2.64. The number of hydrogen-bond donors (Lipinski definition) is 6. The highest BCUT2D eigenvalue weighted by molar-refractivity contribution is 6.24. The molecule has 7 N–H and O–H groups in total. The molecule has 58 heavy (non-hydrogen) atoms. The number of anilines is 2. The number of benzene rings is 1. The summed E-state index contributed by atoms with van der Waals surface area (Å²) in [6.07, 6.45) is 7.08. The van der Waals surface area contributed by atoms with E-state index in [4.69, 9.17) is 15.2 Å². The number of nitrogens with two attached hydrogens (primary N) is 1. The second-order valence-electron chi connectivity index (χ2n) is 17.9. The summed E-state index contributed by atoms with van der Waals surface area (Å²) in [6, 6.07) is 0.522. The Kier molecular flexibility index (Phi) is 11.0. The average molecular weight is 808 g/mol. The van der Waals surface area contributed by atoms with Gasteiger partial charge in [0.05, 0.1) is 22.7 Å². The molecule has 4 bridgehead atoms. The van der Waals surface area contributed by atoms with Crippen molar-refractivity contribution < 1.29 is 53.9 Å². The summed E-state index contributed by atoms with van der Waals surface area (Å²) in [6.45, 7) is 2.18. The van der Waals surface area contributed by atoms with Gasteiger partial charge in [-0.05, 0) is 107 Å². The third-order valence-corrected chi connectivity index (χ3v) is 13.8. The number of fused-ring (bicyclic) bond motifs is 3. The first-order valence-corrected chi connectivity index (χ1v) is 20.5. The number of carbonyl (C=O) groups is 5. The molecule has 316 valence electrons. The first-order chi connectivity index (χ1) is 27.4. The maximum Gasteiger partial charge on any atom is 0.412 e. The maximum atomic E-state index is 14.3. The number of aliphatic hydroxyl groups is 3. The second kappa shape index (κ2) is 15.4. The number of amides is 2. The summed E-state index contributed by atoms with van der Waals surface area (Å²) in [4.78, 5) is 71.4. The number of aromatic hydroxyl groups is 1. The summed E-state index contributed by atoms with van der Waals surface area (Å²) < 4.78 is 11.0. The fourth-order valence-corrected chi connectivity index (χ4v) is 11.5. The van der Waals surface area contributed by atoms with Gasteiger partial charge in [-0.25, -0.2) is 4.79 Å². The number of phenols is 1. The molecule has 0 saturated heterocycles. The van der Waals surface area contributed by atoms with Crippen molar-refractivity contribution in [1.82, 2.24) is 9.80 Å². The number of ether oxygens (including phenoxy) is 2. The highest BCUT2D eigenvalue weighted by Crippen LogP contribution is 2.60. The Bertz CT molecular complexity index is 1940. The number of ketones is 2. The molecule has 2 amide bonds. The predicted molar refractivity (Wildman–Crippen MR) is 212 cm³/mol. The van der Waals surface area contributed by atoms with Crippen LogP contribution in [0.3, 0.4) is 0 Å². The fraction of sp³-hybridized carbons (Fsp3) is 0.643. The maximum absolute atomic E-state index is 14.3. The van der Waals surface area contributed by atoms with Crippen molar-refractivity contribution in [1.29, 1.82) is 0 Å². The lowest BCUT2D eigenvalue weighted by atomic mass is 9.49. The number of aliphatic hydroxyl groups excluding tert-OH is 2. The molecule has 16 heteroatoms. The number of esters is 1. The topological polar surface area (TPSA) is 232 Å². The van der Waals surface area contributed by atoms with Gasteiger partial charge in [-0.15, -0.1) is 0 Å². The Morgan fingerprint density at radius 1 is 0.948 bits per heavy atom. The van der Waals surface area contributed by atoms with E-state index in [9.17, 15) is 44.4 Å². The first kappa shape index (κ1) is 41.3. The van der Waals surface area contributed by atoms with Gasteiger partial charge < -0.3 is 50.8 Å². The second-order valence-corrected chi connectivity index (χ2v) is 17.9. The molecular weight excluding hydrogens is 750 g/mol. The van der Waals surface area contributed by atoms with Crippen LogP contribution in [0.1, 0.15) is 75.8 Å². The Hall–Kier alpha value is -4.83. The molecule has 8 rings (SSSR count). The van der Waals surface area contributed by atoms with Gasteiger partial charge in [-0.3, -0.25) is 24.1 Å². The number of carbonyl (C=O) groups excluding carboxylic acids is 5. The SMILES string of the molecule is CCCCN(CCNc1cc(N(C)C)c2c(c1O)C(O)=C1C(=O)[C@]3(O)C(O)=C(C(N)=O)C(=O)[C@@H](N(C)C)[C@@H]3C[C@@H]1C2)C(=O)OCOC(=O)C12CC3CC(CC(C3)C1)C2. The van der Waals surface area contributed by atoms with Crippen LogP contribution in [0.25, 0.3) is 5.76 Å². The number of hydrogen-bond acceptors (Lipinski definition) is 14. The van der Waals surface area contributed by atoms with Crippen LogP contribution >= 0.6 is 0 Å². The van der Waals surface area contributed by atoms with Crippen molar-refractivity contribution in [3.8, 4) is 5.75 Å². The van der Waals surface area contributed by atoms with E-state index < -0.39 is 76.3 Å². The number of nitrogens with zero attached hydrogens (tertiary/aromatic N) is 3. The lowest BCUT2D eigenvalue weighted by Crippen LogP contribution is -2.65. The number of likely N-dealkylation sites (N-methyl/N-ethyl adjacent to an activating group) is 1. The molecule has 7 aliphatic rings. The minimum absolute atomic E-state index is 0.0233. The van der Waals surface area contributed by atoms with Crippen molar-refractivity contribution in [2.75, 3.05) is 64.8 Å². The van der Waals surface area contributed by atoms with Crippen LogP contribution in [0.4, 0.5) is 16.2 Å². The smallest absolute Gasteiger partial charge is 0.412 e. The van der Waals surface area contributed by atoms with Gasteiger partial charge in [0.2, 0.25) is 12.6 Å². The Labute approximate surface area is 338 Å². The van der Waals surface area contributed by atoms with Crippen molar-refractivity contribution in [3.05, 3.63) is 34.1 Å². The normalized spacial score (nSPS) is 30.8. The summed E-state index contributed by atoms with van der Waals surface area (Å²) in [5, 5.41) is 49.8. The third-order valence-electron chi connectivity index (χ3n) is 13.8. The zero-order chi connectivity index (χ0) is 42.0. The number of rotatable bonds is 13. The molecule has 0 unspecified atom stereocenters. The standard InChI is InChI=1S/C42H57N5O11/c1-6-7-9-47(40(55)58-20-57-39(54)41-17-21-11-22(18-41)13-23(12-21)19-41)10-8-44-27-16-28(45(2)3)25-14-24-15-26-32(46(4)5)35(50)31(38(43)53)37(52)42(26,56)36(51)29(24)34(49)30(25)33(27)48/h16,21-24,26,32,44,48-49,52,56H,6-15,17-20H2,1-5H3,(H2,43,53)/t21?,22?,23?,24-,26-,32-,41?,42-/m0/s1. The molecule has 7 aliphatic carbocycles. The Balaban J connectivity index is 1.09. The summed E-state index contributed by atoms with van der Waals surface area (Å²) in [5.74, 6) is -5.80. The number of primary amides is 1. The molecule has 1 aromatic carbocycles. The van der Waals surface area contributed by atoms with E-state index >= 15 is 0 Å². The molecule has 0 aromatic heterocycles. The van der Waals surface area contributed by atoms with Gasteiger partial charge >= 0.3 is 12.1 Å². The van der Waals surface area contributed by atoms with Gasteiger partial charge in [-0.2, -0.15) is 0 Å². The lowest BCUT2D eigenvalue weighted by molar-refractivity contribution is -0.179. The molecule has 5 fully saturated rings. The molecule has 5 saturated carbocycles. The van der Waals surface area contributed by atoms with Crippen molar-refractivity contribution in [2.24, 2.45) is 40.7 Å². The molecular formula is C42H57N5O11. The van der Waals surface area contributed by atoms with Crippen LogP contribution in [0, 0.1) is 35.0 Å². The van der Waals surface area contributed by atoms with E-state index in [0.29, 0.717) is 42.0 Å². The van der Waals surface area contributed by atoms with E-state index in [0.717, 1.165) is 25.7 Å². The minimum atomic E-state index is -2.75. The van der Waals surface area contributed by atoms with Gasteiger partial charge in [0, 0.05) is 50.9 Å². The van der Waals surface area contributed by atoms with Crippen LogP contribution in [-0.2, 0) is 35.1 Å². The molecule has 16 nitrogen and oxygen atoms in total. The van der Waals surface area contributed by atoms with Crippen LogP contribution < -0.4 is 16.0 Å². The van der Waals surface area contributed by atoms with Gasteiger partial charge in [-0.1, -0.05) is 13.3 Å². The molecule has 4 atom stereocenters. The fourth-order valence-electron chi connectivity index (χ4n) is 11.5. The van der Waals surface area contributed by atoms with Crippen LogP contribution in [0.5, 0.6) is 5.75 Å². The molecule has 0 heterocycles. The monoisotopic (exact) mass is 807 g/mol. The molecule has 0 aliphatic heterocycles. The molecule has 0 spiro atoms. The Morgan fingerprint density at radius 2 is 1.59 bits per heavy atom. The summed E-state index contributed by atoms with van der Waals surface area (Å²) in [5.41, 5.74) is 2.39. The average Bonchev–Trinajstić information content (AvgIpc) is 3.14. The van der Waals surface area contributed by atoms with E-state index in [2.05, 4.69) is 5.32 Å². The van der Waals surface area contributed by atoms with Crippen LogP contribution in [0.2, 0.25) is 0 Å². The van der Waals surface area contributed by atoms with E-state index in [1.54, 1.807) is 39.2 Å². The highest BCUT2D eigenvalue weighted by atomic mass is 16.7. The molecule has 0 radical (unpaired) electrons. The van der Waals surface area contributed by atoms with Crippen molar-refractivity contribution in [3.63, 3.8) is 0 Å². The lowest BCUT2D eigenvalue weighted by Gasteiger charge is -2.55. The quantitative estimate of drug-likeness (QED) is 0.0727. The van der Waals surface area contributed by atoms with E-state index in [1.165, 1.54) is 29.1 Å². The van der Waals surface area contributed by atoms with Crippen LogP contribution in [-0.4, -0.2) is 126 Å². The number of Topliss-reactive ketones (excluding diaryl/α,β-unsaturated/α-hetero) is 2. The third kappa shape index (κ3) is 6.75. The number of unbranched alkanes of at least 4 members (excludes halogenated alkanes) is 1. The minimum Gasteiger partial charge on any atom is -0.508 e. The largest absolute Gasteiger partial charge is 0.508 e. The first-order valence-electron chi connectivity index (χ1n) is 20.5. The number of phenolic OH excluding ortho intramolecular Hbond substituents is 1. The van der Waals surface area contributed by atoms with Gasteiger partial charge in [0.15, 0.2) is 11.4 Å². The van der Waals surface area contributed by atoms with Crippen LogP contribution in [0.15, 0.2) is 23.0 Å². The summed E-state index contributed by atoms with van der Waals surface area (Å²) >= 11 is 0. The Morgan fingerprint density at radius 3 is 2.16 bits per heavy atom. The van der Waals surface area contributed by atoms with Gasteiger partial charge in [0.25, 0.3) is 5.91 Å². The van der Waals surface area contributed by atoms with Crippen molar-refractivity contribution >= 4 is 46.7 Å². The predicted octanol–water partition coefficient (Wildman–Crippen LogP) is 3.40. The van der Waals surface area contributed by atoms with E-state index in [1.807, 2.05) is 6.92 Å². The zero-order valence-electron chi connectivity index (χ0n) is 34.0. The summed E-state index contributed by atoms with van der Waals surface area (Å²) in [7, 11) is 6.67. The number of nitrogens with one attached hydrogen (secondary N) is 1. The zero-order valence-corrected chi connectivity index (χ0v) is 34.0. The van der Waals surface area contributed by atoms with Gasteiger partial charge in [0.1, 0.15) is 22.8 Å². The van der Waals surface area contributed by atoms with E-state index in [-0.39, 0.29) is 54.5 Å².